The molecule has 0 aliphatic heterocycles. The molecule has 3 heteroatoms. The largest absolute Gasteiger partial charge is 0.361 e. The van der Waals surface area contributed by atoms with Crippen LogP contribution in [0.15, 0.2) is 60.8 Å². The number of carbonyl (C=O) groups excluding carboxylic acids is 1. The van der Waals surface area contributed by atoms with Crippen LogP contribution in [-0.4, -0.2) is 16.9 Å². The van der Waals surface area contributed by atoms with E-state index in [0.717, 1.165) is 24.8 Å². The first-order valence-corrected chi connectivity index (χ1v) is 8.60. The molecule has 3 nitrogen and oxygen atoms in total. The molecule has 0 saturated carbocycles. The number of hydrogen-bond acceptors (Lipinski definition) is 1. The Bertz CT molecular complexity index is 792. The fourth-order valence-corrected chi connectivity index (χ4v) is 3.03. The van der Waals surface area contributed by atoms with Gasteiger partial charge in [0.1, 0.15) is 0 Å². The Labute approximate surface area is 143 Å². The molecule has 0 fully saturated rings. The molecule has 1 amide bonds. The molecular weight excluding hydrogens is 296 g/mol. The van der Waals surface area contributed by atoms with Gasteiger partial charge in [-0.2, -0.15) is 0 Å². The molecule has 24 heavy (non-hydrogen) atoms. The van der Waals surface area contributed by atoms with E-state index >= 15 is 0 Å². The minimum Gasteiger partial charge on any atom is -0.361 e. The van der Waals surface area contributed by atoms with Gasteiger partial charge >= 0.3 is 0 Å². The lowest BCUT2D eigenvalue weighted by Gasteiger charge is -2.13. The number of amides is 1. The summed E-state index contributed by atoms with van der Waals surface area (Å²) in [7, 11) is 0. The second kappa shape index (κ2) is 7.82. The zero-order chi connectivity index (χ0) is 16.8. The molecule has 0 aliphatic rings. The van der Waals surface area contributed by atoms with Crippen LogP contribution in [0.3, 0.4) is 0 Å². The Kier molecular flexibility index (Phi) is 5.32. The molecule has 2 N–H and O–H groups in total. The zero-order valence-corrected chi connectivity index (χ0v) is 14.1. The maximum absolute atomic E-state index is 12.2. The van der Waals surface area contributed by atoms with Crippen LogP contribution in [-0.2, 0) is 17.6 Å². The Morgan fingerprint density at radius 2 is 1.79 bits per heavy atom. The Balaban J connectivity index is 1.45. The summed E-state index contributed by atoms with van der Waals surface area (Å²) in [4.78, 5) is 15.4. The van der Waals surface area contributed by atoms with E-state index < -0.39 is 0 Å². The Hall–Kier alpha value is -2.55. The van der Waals surface area contributed by atoms with Gasteiger partial charge in [-0.25, -0.2) is 0 Å². The molecule has 3 aromatic rings. The first-order chi connectivity index (χ1) is 11.7. The quantitative estimate of drug-likeness (QED) is 0.672. The van der Waals surface area contributed by atoms with Crippen molar-refractivity contribution in [3.05, 3.63) is 71.9 Å². The maximum atomic E-state index is 12.2. The Morgan fingerprint density at radius 1 is 1.04 bits per heavy atom. The maximum Gasteiger partial charge on any atom is 0.220 e. The molecule has 1 unspecified atom stereocenters. The van der Waals surface area contributed by atoms with Crippen LogP contribution in [0.4, 0.5) is 0 Å². The summed E-state index contributed by atoms with van der Waals surface area (Å²) < 4.78 is 0. The average Bonchev–Trinajstić information content (AvgIpc) is 3.02. The Morgan fingerprint density at radius 3 is 2.62 bits per heavy atom. The monoisotopic (exact) mass is 320 g/mol. The van der Waals surface area contributed by atoms with Gasteiger partial charge in [-0.05, 0) is 43.4 Å². The van der Waals surface area contributed by atoms with E-state index in [0.29, 0.717) is 6.42 Å². The number of hydrogen-bond donors (Lipinski definition) is 2. The van der Waals surface area contributed by atoms with Gasteiger partial charge in [0.2, 0.25) is 5.91 Å². The predicted octanol–water partition coefficient (Wildman–Crippen LogP) is 4.24. The number of H-pyrrole nitrogens is 1. The summed E-state index contributed by atoms with van der Waals surface area (Å²) in [5, 5.41) is 4.32. The summed E-state index contributed by atoms with van der Waals surface area (Å²) in [6.45, 7) is 2.08. The van der Waals surface area contributed by atoms with Gasteiger partial charge in [-0.15, -0.1) is 0 Å². The lowest BCUT2D eigenvalue weighted by Crippen LogP contribution is -2.33. The van der Waals surface area contributed by atoms with Gasteiger partial charge in [0.15, 0.2) is 0 Å². The van der Waals surface area contributed by atoms with Crippen molar-refractivity contribution in [2.75, 3.05) is 0 Å². The zero-order valence-electron chi connectivity index (χ0n) is 14.1. The van der Waals surface area contributed by atoms with Crippen LogP contribution >= 0.6 is 0 Å². The molecule has 0 saturated heterocycles. The van der Waals surface area contributed by atoms with Crippen LogP contribution in [0.1, 0.15) is 30.9 Å². The second-order valence-corrected chi connectivity index (χ2v) is 6.35. The summed E-state index contributed by atoms with van der Waals surface area (Å²) >= 11 is 0. The summed E-state index contributed by atoms with van der Waals surface area (Å²) in [6.07, 6.45) is 5.25. The van der Waals surface area contributed by atoms with Gasteiger partial charge in [-0.3, -0.25) is 4.79 Å². The minimum atomic E-state index is 0.126. The summed E-state index contributed by atoms with van der Waals surface area (Å²) in [5.74, 6) is 0.126. The first-order valence-electron chi connectivity index (χ1n) is 8.60. The number of para-hydroxylation sites is 1. The average molecular weight is 320 g/mol. The van der Waals surface area contributed by atoms with Crippen molar-refractivity contribution >= 4 is 16.8 Å². The van der Waals surface area contributed by atoms with Crippen molar-refractivity contribution in [3.63, 3.8) is 0 Å². The number of aryl methyl sites for hydroxylation is 2. The molecule has 3 rings (SSSR count). The summed E-state index contributed by atoms with van der Waals surface area (Å²) in [6, 6.07) is 18.8. The van der Waals surface area contributed by atoms with Gasteiger partial charge in [0.25, 0.3) is 0 Å². The summed E-state index contributed by atoms with van der Waals surface area (Å²) in [5.41, 5.74) is 3.65. The first kappa shape index (κ1) is 16.3. The molecule has 1 aromatic heterocycles. The molecule has 1 heterocycles. The number of aromatic nitrogens is 1. The van der Waals surface area contributed by atoms with E-state index in [1.165, 1.54) is 16.5 Å². The molecular formula is C21H24N2O. The van der Waals surface area contributed by atoms with E-state index in [4.69, 9.17) is 0 Å². The van der Waals surface area contributed by atoms with Crippen LogP contribution < -0.4 is 5.32 Å². The third kappa shape index (κ3) is 4.25. The van der Waals surface area contributed by atoms with E-state index in [-0.39, 0.29) is 11.9 Å². The molecule has 0 aliphatic carbocycles. The van der Waals surface area contributed by atoms with E-state index in [2.05, 4.69) is 53.6 Å². The smallest absolute Gasteiger partial charge is 0.220 e. The standard InChI is InChI=1S/C21H24N2O/c1-16(11-12-17-7-3-2-4-8-17)23-21(24)14-13-18-15-22-20-10-6-5-9-19(18)20/h2-10,15-16,22H,11-14H2,1H3,(H,23,24). The molecule has 0 spiro atoms. The molecule has 0 radical (unpaired) electrons. The van der Waals surface area contributed by atoms with Gasteiger partial charge in [0, 0.05) is 29.6 Å². The highest BCUT2D eigenvalue weighted by molar-refractivity contribution is 5.84. The second-order valence-electron chi connectivity index (χ2n) is 6.35. The molecule has 124 valence electrons. The van der Waals surface area contributed by atoms with Crippen molar-refractivity contribution in [3.8, 4) is 0 Å². The normalized spacial score (nSPS) is 12.2. The van der Waals surface area contributed by atoms with Crippen molar-refractivity contribution in [2.24, 2.45) is 0 Å². The number of carbonyl (C=O) groups is 1. The third-order valence-electron chi connectivity index (χ3n) is 4.41. The molecule has 0 bridgehead atoms. The topological polar surface area (TPSA) is 44.9 Å². The van der Waals surface area contributed by atoms with E-state index in [1.807, 2.05) is 24.4 Å². The van der Waals surface area contributed by atoms with E-state index in [9.17, 15) is 4.79 Å². The highest BCUT2D eigenvalue weighted by Crippen LogP contribution is 2.18. The van der Waals surface area contributed by atoms with Crippen molar-refractivity contribution < 1.29 is 4.79 Å². The molecule has 1 atom stereocenters. The van der Waals surface area contributed by atoms with E-state index in [1.54, 1.807) is 0 Å². The fourth-order valence-electron chi connectivity index (χ4n) is 3.03. The van der Waals surface area contributed by atoms with Crippen LogP contribution in [0.2, 0.25) is 0 Å². The third-order valence-corrected chi connectivity index (χ3v) is 4.41. The van der Waals surface area contributed by atoms with Gasteiger partial charge in [-0.1, -0.05) is 48.5 Å². The lowest BCUT2D eigenvalue weighted by molar-refractivity contribution is -0.121. The van der Waals surface area contributed by atoms with Crippen LogP contribution in [0.25, 0.3) is 10.9 Å². The number of fused-ring (bicyclic) bond motifs is 1. The highest BCUT2D eigenvalue weighted by Gasteiger charge is 2.09. The SMILES string of the molecule is CC(CCc1ccccc1)NC(=O)CCc1c[nH]c2ccccc12. The predicted molar refractivity (Wildman–Crippen MR) is 99.0 cm³/mol. The van der Waals surface area contributed by atoms with Crippen molar-refractivity contribution in [2.45, 2.75) is 38.6 Å². The van der Waals surface area contributed by atoms with Crippen molar-refractivity contribution in [1.82, 2.24) is 10.3 Å². The minimum absolute atomic E-state index is 0.126. The number of aromatic amines is 1. The number of nitrogens with one attached hydrogen (secondary N) is 2. The highest BCUT2D eigenvalue weighted by atomic mass is 16.1. The molecule has 2 aromatic carbocycles. The van der Waals surface area contributed by atoms with Gasteiger partial charge in [0.05, 0.1) is 0 Å². The number of rotatable bonds is 7. The lowest BCUT2D eigenvalue weighted by atomic mass is 10.1. The van der Waals surface area contributed by atoms with Crippen molar-refractivity contribution in [1.29, 1.82) is 0 Å². The number of benzene rings is 2. The fraction of sp³-hybridized carbons (Fsp3) is 0.286. The van der Waals surface area contributed by atoms with Crippen LogP contribution in [0, 0.1) is 0 Å². The van der Waals surface area contributed by atoms with Gasteiger partial charge < -0.3 is 10.3 Å². The van der Waals surface area contributed by atoms with Crippen LogP contribution in [0.5, 0.6) is 0 Å².